The van der Waals surface area contributed by atoms with Gasteiger partial charge in [0.25, 0.3) is 5.91 Å². The fourth-order valence-electron chi connectivity index (χ4n) is 3.53. The fraction of sp³-hybridized carbons (Fsp3) is 0.588. The molecule has 2 aliphatic rings. The van der Waals surface area contributed by atoms with Crippen molar-refractivity contribution in [2.45, 2.75) is 32.1 Å². The summed E-state index contributed by atoms with van der Waals surface area (Å²) in [6.45, 7) is 1.93. The largest absolute Gasteiger partial charge is 0.493 e. The highest BCUT2D eigenvalue weighted by Crippen LogP contribution is 2.43. The van der Waals surface area contributed by atoms with Crippen LogP contribution in [0.4, 0.5) is 0 Å². The molecule has 0 unspecified atom stereocenters. The highest BCUT2D eigenvalue weighted by molar-refractivity contribution is 5.79. The lowest BCUT2D eigenvalue weighted by atomic mass is 9.68. The summed E-state index contributed by atoms with van der Waals surface area (Å²) in [4.78, 5) is 14.1. The Morgan fingerprint density at radius 1 is 1.14 bits per heavy atom. The third kappa shape index (κ3) is 2.99. The van der Waals surface area contributed by atoms with E-state index in [0.29, 0.717) is 16.9 Å². The molecule has 0 N–H and O–H groups in total. The zero-order chi connectivity index (χ0) is 14.7. The van der Waals surface area contributed by atoms with Gasteiger partial charge in [-0.05, 0) is 25.0 Å². The van der Waals surface area contributed by atoms with E-state index in [-0.39, 0.29) is 12.5 Å². The molecule has 4 heteroatoms. The first-order valence-electron chi connectivity index (χ1n) is 7.76. The minimum Gasteiger partial charge on any atom is -0.493 e. The number of carbonyl (C=O) groups excluding carboxylic acids is 1. The van der Waals surface area contributed by atoms with Gasteiger partial charge in [-0.2, -0.15) is 0 Å². The Kier molecular flexibility index (Phi) is 4.04. The topological polar surface area (TPSA) is 38.8 Å². The summed E-state index contributed by atoms with van der Waals surface area (Å²) < 4.78 is 10.8. The van der Waals surface area contributed by atoms with Crippen LogP contribution in [0.1, 0.15) is 32.1 Å². The van der Waals surface area contributed by atoms with Crippen LogP contribution in [0.5, 0.6) is 11.5 Å². The van der Waals surface area contributed by atoms with Gasteiger partial charge in [0, 0.05) is 18.5 Å². The second kappa shape index (κ2) is 5.96. The molecule has 1 spiro atoms. The van der Waals surface area contributed by atoms with Crippen LogP contribution in [0.15, 0.2) is 24.3 Å². The van der Waals surface area contributed by atoms with Crippen molar-refractivity contribution in [1.29, 1.82) is 0 Å². The van der Waals surface area contributed by atoms with E-state index in [1.807, 2.05) is 29.2 Å². The van der Waals surface area contributed by atoms with Gasteiger partial charge in [0.15, 0.2) is 18.1 Å². The smallest absolute Gasteiger partial charge is 0.260 e. The number of methoxy groups -OCH3 is 1. The molecule has 0 atom stereocenters. The number of rotatable bonds is 4. The summed E-state index contributed by atoms with van der Waals surface area (Å²) in [7, 11) is 1.60. The number of ether oxygens (including phenoxy) is 2. The van der Waals surface area contributed by atoms with Crippen LogP contribution >= 0.6 is 0 Å². The van der Waals surface area contributed by atoms with Gasteiger partial charge in [-0.25, -0.2) is 0 Å². The molecule has 3 rings (SSSR count). The van der Waals surface area contributed by atoms with Crippen molar-refractivity contribution >= 4 is 5.91 Å². The first kappa shape index (κ1) is 14.2. The van der Waals surface area contributed by atoms with Crippen molar-refractivity contribution in [3.63, 3.8) is 0 Å². The molecule has 1 amide bonds. The number of carbonyl (C=O) groups is 1. The molecule has 1 heterocycles. The summed E-state index contributed by atoms with van der Waals surface area (Å²) in [5.41, 5.74) is 0.429. The van der Waals surface area contributed by atoms with E-state index in [0.717, 1.165) is 13.1 Å². The van der Waals surface area contributed by atoms with Gasteiger partial charge in [0.2, 0.25) is 0 Å². The van der Waals surface area contributed by atoms with Gasteiger partial charge in [-0.1, -0.05) is 31.4 Å². The minimum atomic E-state index is 0.0807. The number of amides is 1. The molecular weight excluding hydrogens is 266 g/mol. The molecule has 1 aliphatic heterocycles. The molecule has 2 fully saturated rings. The molecule has 0 radical (unpaired) electrons. The average molecular weight is 289 g/mol. The van der Waals surface area contributed by atoms with E-state index in [4.69, 9.17) is 9.47 Å². The number of benzene rings is 1. The first-order valence-corrected chi connectivity index (χ1v) is 7.76. The van der Waals surface area contributed by atoms with Gasteiger partial charge in [0.1, 0.15) is 0 Å². The Morgan fingerprint density at radius 2 is 1.81 bits per heavy atom. The van der Waals surface area contributed by atoms with Gasteiger partial charge in [0.05, 0.1) is 7.11 Å². The van der Waals surface area contributed by atoms with E-state index in [1.54, 1.807) is 7.11 Å². The summed E-state index contributed by atoms with van der Waals surface area (Å²) in [6.07, 6.45) is 6.56. The van der Waals surface area contributed by atoms with Crippen LogP contribution in [0, 0.1) is 5.41 Å². The van der Waals surface area contributed by atoms with Crippen LogP contribution in [-0.4, -0.2) is 37.6 Å². The second-order valence-electron chi connectivity index (χ2n) is 6.25. The van der Waals surface area contributed by atoms with E-state index in [1.165, 1.54) is 32.1 Å². The van der Waals surface area contributed by atoms with Crippen LogP contribution in [0.3, 0.4) is 0 Å². The summed E-state index contributed by atoms with van der Waals surface area (Å²) in [5, 5.41) is 0. The van der Waals surface area contributed by atoms with E-state index < -0.39 is 0 Å². The van der Waals surface area contributed by atoms with E-state index in [2.05, 4.69) is 0 Å². The van der Waals surface area contributed by atoms with Crippen LogP contribution in [0.2, 0.25) is 0 Å². The van der Waals surface area contributed by atoms with Crippen LogP contribution in [0.25, 0.3) is 0 Å². The van der Waals surface area contributed by atoms with Crippen molar-refractivity contribution in [2.75, 3.05) is 26.8 Å². The van der Waals surface area contributed by atoms with Crippen molar-refractivity contribution in [3.8, 4) is 11.5 Å². The van der Waals surface area contributed by atoms with Gasteiger partial charge >= 0.3 is 0 Å². The fourth-order valence-corrected chi connectivity index (χ4v) is 3.53. The molecule has 1 saturated heterocycles. The predicted octanol–water partition coefficient (Wildman–Crippen LogP) is 2.87. The summed E-state index contributed by atoms with van der Waals surface area (Å²) in [6, 6.07) is 7.42. The maximum Gasteiger partial charge on any atom is 0.260 e. The standard InChI is InChI=1S/C17H23NO3/c1-20-14-7-3-4-8-15(14)21-11-16(19)18-12-17(13-18)9-5-2-6-10-17/h3-4,7-8H,2,5-6,9-13H2,1H3. The molecule has 1 saturated carbocycles. The molecule has 114 valence electrons. The number of likely N-dealkylation sites (tertiary alicyclic amines) is 1. The summed E-state index contributed by atoms with van der Waals surface area (Å²) in [5.74, 6) is 1.37. The number of para-hydroxylation sites is 2. The van der Waals surface area contributed by atoms with E-state index >= 15 is 0 Å². The van der Waals surface area contributed by atoms with Gasteiger partial charge < -0.3 is 14.4 Å². The number of nitrogens with zero attached hydrogens (tertiary/aromatic N) is 1. The third-order valence-electron chi connectivity index (χ3n) is 4.74. The highest BCUT2D eigenvalue weighted by atomic mass is 16.5. The molecule has 4 nitrogen and oxygen atoms in total. The Balaban J connectivity index is 1.49. The van der Waals surface area contributed by atoms with Crippen molar-refractivity contribution in [3.05, 3.63) is 24.3 Å². The van der Waals surface area contributed by atoms with Crippen molar-refractivity contribution in [1.82, 2.24) is 4.90 Å². The average Bonchev–Trinajstić information content (AvgIpc) is 2.51. The maximum atomic E-state index is 12.2. The van der Waals surface area contributed by atoms with Crippen molar-refractivity contribution < 1.29 is 14.3 Å². The molecule has 0 bridgehead atoms. The van der Waals surface area contributed by atoms with Crippen LogP contribution < -0.4 is 9.47 Å². The molecule has 0 aromatic heterocycles. The predicted molar refractivity (Wildman–Crippen MR) is 80.6 cm³/mol. The lowest BCUT2D eigenvalue weighted by Gasteiger charge is -2.52. The third-order valence-corrected chi connectivity index (χ3v) is 4.74. The minimum absolute atomic E-state index is 0.0807. The highest BCUT2D eigenvalue weighted by Gasteiger charge is 2.45. The lowest BCUT2D eigenvalue weighted by Crippen LogP contribution is -2.59. The van der Waals surface area contributed by atoms with Crippen molar-refractivity contribution in [2.24, 2.45) is 5.41 Å². The lowest BCUT2D eigenvalue weighted by molar-refractivity contribution is -0.147. The monoisotopic (exact) mass is 289 g/mol. The molecule has 1 aromatic carbocycles. The molecular formula is C17H23NO3. The molecule has 1 aliphatic carbocycles. The quantitative estimate of drug-likeness (QED) is 0.855. The second-order valence-corrected chi connectivity index (χ2v) is 6.25. The Morgan fingerprint density at radius 3 is 2.48 bits per heavy atom. The Labute approximate surface area is 126 Å². The molecule has 1 aromatic rings. The molecule has 21 heavy (non-hydrogen) atoms. The zero-order valence-corrected chi connectivity index (χ0v) is 12.6. The zero-order valence-electron chi connectivity index (χ0n) is 12.6. The Bertz CT molecular complexity index is 501. The van der Waals surface area contributed by atoms with E-state index in [9.17, 15) is 4.79 Å². The van der Waals surface area contributed by atoms with Gasteiger partial charge in [-0.3, -0.25) is 4.79 Å². The first-order chi connectivity index (χ1) is 10.2. The number of hydrogen-bond donors (Lipinski definition) is 0. The normalized spacial score (nSPS) is 20.0. The van der Waals surface area contributed by atoms with Crippen LogP contribution in [-0.2, 0) is 4.79 Å². The maximum absolute atomic E-state index is 12.2. The summed E-state index contributed by atoms with van der Waals surface area (Å²) >= 11 is 0. The van der Waals surface area contributed by atoms with Gasteiger partial charge in [-0.15, -0.1) is 0 Å². The SMILES string of the molecule is COc1ccccc1OCC(=O)N1CC2(CCCCC2)C1. The number of hydrogen-bond acceptors (Lipinski definition) is 3. The Hall–Kier alpha value is -1.71.